The van der Waals surface area contributed by atoms with Crippen molar-refractivity contribution in [2.45, 2.75) is 19.3 Å². The van der Waals surface area contributed by atoms with Crippen LogP contribution in [0.25, 0.3) is 0 Å². The molecule has 0 saturated carbocycles. The molecular formula is C15H21N3O3. The minimum absolute atomic E-state index is 0.274. The zero-order valence-corrected chi connectivity index (χ0v) is 12.2. The predicted molar refractivity (Wildman–Crippen MR) is 80.4 cm³/mol. The van der Waals surface area contributed by atoms with Crippen molar-refractivity contribution in [1.82, 2.24) is 10.2 Å². The summed E-state index contributed by atoms with van der Waals surface area (Å²) >= 11 is 0. The zero-order valence-electron chi connectivity index (χ0n) is 12.2. The second-order valence-electron chi connectivity index (χ2n) is 5.07. The molecule has 0 unspecified atom stereocenters. The van der Waals surface area contributed by atoms with E-state index in [0.29, 0.717) is 11.4 Å². The molecule has 0 bridgehead atoms. The van der Waals surface area contributed by atoms with Crippen LogP contribution in [0.5, 0.6) is 5.75 Å². The van der Waals surface area contributed by atoms with Gasteiger partial charge in [0.2, 0.25) is 5.91 Å². The number of nitrogens with zero attached hydrogens (tertiary/aromatic N) is 1. The van der Waals surface area contributed by atoms with E-state index >= 15 is 0 Å². The van der Waals surface area contributed by atoms with Gasteiger partial charge < -0.3 is 10.1 Å². The van der Waals surface area contributed by atoms with Gasteiger partial charge in [0, 0.05) is 5.69 Å². The van der Waals surface area contributed by atoms with Crippen molar-refractivity contribution in [3.8, 4) is 5.75 Å². The molecular weight excluding hydrogens is 270 g/mol. The molecule has 2 rings (SSSR count). The number of methoxy groups -OCH3 is 1. The van der Waals surface area contributed by atoms with Gasteiger partial charge in [-0.3, -0.25) is 15.0 Å². The minimum Gasteiger partial charge on any atom is -0.497 e. The number of nitrogens with one attached hydrogen (secondary N) is 2. The number of hydrogen-bond acceptors (Lipinski definition) is 4. The van der Waals surface area contributed by atoms with Crippen molar-refractivity contribution < 1.29 is 14.3 Å². The molecule has 21 heavy (non-hydrogen) atoms. The van der Waals surface area contributed by atoms with Gasteiger partial charge in [0.15, 0.2) is 0 Å². The van der Waals surface area contributed by atoms with Crippen molar-refractivity contribution in [1.29, 1.82) is 0 Å². The second-order valence-corrected chi connectivity index (χ2v) is 5.07. The number of anilines is 1. The Morgan fingerprint density at radius 3 is 2.43 bits per heavy atom. The van der Waals surface area contributed by atoms with Gasteiger partial charge in [0.05, 0.1) is 13.7 Å². The lowest BCUT2D eigenvalue weighted by Gasteiger charge is -2.25. The molecule has 114 valence electrons. The number of ether oxygens (including phenoxy) is 1. The van der Waals surface area contributed by atoms with Crippen molar-refractivity contribution in [3.05, 3.63) is 24.3 Å². The molecule has 6 heteroatoms. The Morgan fingerprint density at radius 2 is 1.81 bits per heavy atom. The standard InChI is InChI=1S/C15H21N3O3/c1-21-13-7-5-12(6-8-13)16-15(20)17-14(19)11-18-9-3-2-4-10-18/h5-8H,2-4,9-11H2,1H3,(H2,16,17,19,20). The van der Waals surface area contributed by atoms with Gasteiger partial charge in [-0.1, -0.05) is 6.42 Å². The average molecular weight is 291 g/mol. The summed E-state index contributed by atoms with van der Waals surface area (Å²) in [5, 5.41) is 4.96. The molecule has 1 aromatic rings. The van der Waals surface area contributed by atoms with Crippen LogP contribution in [0.1, 0.15) is 19.3 Å². The molecule has 0 atom stereocenters. The van der Waals surface area contributed by atoms with Crippen LogP contribution in [0, 0.1) is 0 Å². The highest BCUT2D eigenvalue weighted by Crippen LogP contribution is 2.14. The highest BCUT2D eigenvalue weighted by Gasteiger charge is 2.15. The lowest BCUT2D eigenvalue weighted by molar-refractivity contribution is -0.121. The summed E-state index contributed by atoms with van der Waals surface area (Å²) < 4.78 is 5.04. The third-order valence-electron chi connectivity index (χ3n) is 3.42. The summed E-state index contributed by atoms with van der Waals surface area (Å²) in [6.45, 7) is 2.12. The third-order valence-corrected chi connectivity index (χ3v) is 3.42. The third kappa shape index (κ3) is 5.07. The Morgan fingerprint density at radius 1 is 1.14 bits per heavy atom. The SMILES string of the molecule is COc1ccc(NC(=O)NC(=O)CN2CCCCC2)cc1. The Kier molecular flexibility index (Phi) is 5.57. The molecule has 0 spiro atoms. The molecule has 1 aliphatic heterocycles. The Labute approximate surface area is 124 Å². The first kappa shape index (κ1) is 15.3. The first-order valence-corrected chi connectivity index (χ1v) is 7.14. The second kappa shape index (κ2) is 7.64. The number of amides is 3. The largest absolute Gasteiger partial charge is 0.497 e. The topological polar surface area (TPSA) is 70.7 Å². The van der Waals surface area contributed by atoms with Crippen molar-refractivity contribution in [2.24, 2.45) is 0 Å². The first-order valence-electron chi connectivity index (χ1n) is 7.14. The highest BCUT2D eigenvalue weighted by atomic mass is 16.5. The molecule has 6 nitrogen and oxygen atoms in total. The van der Waals surface area contributed by atoms with E-state index in [1.807, 2.05) is 0 Å². The van der Waals surface area contributed by atoms with Gasteiger partial charge in [-0.2, -0.15) is 0 Å². The number of likely N-dealkylation sites (tertiary alicyclic amines) is 1. The maximum Gasteiger partial charge on any atom is 0.325 e. The number of carbonyl (C=O) groups excluding carboxylic acids is 2. The fraction of sp³-hybridized carbons (Fsp3) is 0.467. The van der Waals surface area contributed by atoms with Gasteiger partial charge in [-0.15, -0.1) is 0 Å². The fourth-order valence-corrected chi connectivity index (χ4v) is 2.32. The van der Waals surface area contributed by atoms with Gasteiger partial charge in [0.1, 0.15) is 5.75 Å². The molecule has 3 amide bonds. The van der Waals surface area contributed by atoms with E-state index in [4.69, 9.17) is 4.74 Å². The van der Waals surface area contributed by atoms with Crippen molar-refractivity contribution in [2.75, 3.05) is 32.1 Å². The number of rotatable bonds is 4. The number of hydrogen-bond donors (Lipinski definition) is 2. The highest BCUT2D eigenvalue weighted by molar-refractivity contribution is 6.01. The van der Waals surface area contributed by atoms with Crippen LogP contribution in [-0.4, -0.2) is 43.6 Å². The summed E-state index contributed by atoms with van der Waals surface area (Å²) in [7, 11) is 1.58. The van der Waals surface area contributed by atoms with Gasteiger partial charge in [0.25, 0.3) is 0 Å². The summed E-state index contributed by atoms with van der Waals surface area (Å²) in [5.74, 6) is 0.435. The van der Waals surface area contributed by atoms with Crippen LogP contribution >= 0.6 is 0 Å². The Balaban J connectivity index is 1.76. The number of imide groups is 1. The van der Waals surface area contributed by atoms with E-state index in [0.717, 1.165) is 25.9 Å². The summed E-state index contributed by atoms with van der Waals surface area (Å²) in [5.41, 5.74) is 0.610. The van der Waals surface area contributed by atoms with Crippen molar-refractivity contribution in [3.63, 3.8) is 0 Å². The molecule has 1 fully saturated rings. The molecule has 1 aliphatic rings. The Hall–Kier alpha value is -2.08. The lowest BCUT2D eigenvalue weighted by atomic mass is 10.1. The maximum absolute atomic E-state index is 11.8. The quantitative estimate of drug-likeness (QED) is 0.888. The van der Waals surface area contributed by atoms with E-state index in [2.05, 4.69) is 15.5 Å². The number of carbonyl (C=O) groups is 2. The molecule has 1 heterocycles. The van der Waals surface area contributed by atoms with E-state index in [-0.39, 0.29) is 12.5 Å². The monoisotopic (exact) mass is 291 g/mol. The van der Waals surface area contributed by atoms with E-state index in [1.54, 1.807) is 31.4 Å². The smallest absolute Gasteiger partial charge is 0.325 e. The van der Waals surface area contributed by atoms with Crippen LogP contribution in [0.15, 0.2) is 24.3 Å². The summed E-state index contributed by atoms with van der Waals surface area (Å²) in [6, 6.07) is 6.40. The van der Waals surface area contributed by atoms with Crippen LogP contribution in [0.2, 0.25) is 0 Å². The molecule has 0 radical (unpaired) electrons. The summed E-state index contributed by atoms with van der Waals surface area (Å²) in [4.78, 5) is 25.6. The van der Waals surface area contributed by atoms with E-state index in [9.17, 15) is 9.59 Å². The molecule has 1 saturated heterocycles. The minimum atomic E-state index is -0.512. The normalized spacial score (nSPS) is 15.3. The predicted octanol–water partition coefficient (Wildman–Crippen LogP) is 1.83. The van der Waals surface area contributed by atoms with E-state index in [1.165, 1.54) is 6.42 Å². The van der Waals surface area contributed by atoms with Gasteiger partial charge in [-0.05, 0) is 50.2 Å². The molecule has 1 aromatic carbocycles. The number of urea groups is 1. The van der Waals surface area contributed by atoms with Crippen LogP contribution in [-0.2, 0) is 4.79 Å². The zero-order chi connectivity index (χ0) is 15.1. The molecule has 0 aromatic heterocycles. The van der Waals surface area contributed by atoms with Gasteiger partial charge in [-0.25, -0.2) is 4.79 Å². The number of benzene rings is 1. The molecule has 0 aliphatic carbocycles. The Bertz CT molecular complexity index is 481. The van der Waals surface area contributed by atoms with Gasteiger partial charge >= 0.3 is 6.03 Å². The number of piperidine rings is 1. The fourth-order valence-electron chi connectivity index (χ4n) is 2.32. The van der Waals surface area contributed by atoms with Crippen LogP contribution in [0.3, 0.4) is 0 Å². The average Bonchev–Trinajstić information content (AvgIpc) is 2.48. The lowest BCUT2D eigenvalue weighted by Crippen LogP contribution is -2.43. The first-order chi connectivity index (χ1) is 10.2. The van der Waals surface area contributed by atoms with Crippen LogP contribution in [0.4, 0.5) is 10.5 Å². The van der Waals surface area contributed by atoms with Crippen molar-refractivity contribution >= 4 is 17.6 Å². The maximum atomic E-state index is 11.8. The van der Waals surface area contributed by atoms with E-state index < -0.39 is 6.03 Å². The molecule has 2 N–H and O–H groups in total. The van der Waals surface area contributed by atoms with Crippen LogP contribution < -0.4 is 15.4 Å². The summed E-state index contributed by atoms with van der Waals surface area (Å²) in [6.07, 6.45) is 3.45.